The summed E-state index contributed by atoms with van der Waals surface area (Å²) in [6.07, 6.45) is 3.63. The van der Waals surface area contributed by atoms with Gasteiger partial charge in [0.1, 0.15) is 18.0 Å². The van der Waals surface area contributed by atoms with Crippen molar-refractivity contribution >= 4 is 34.0 Å². The third-order valence-corrected chi connectivity index (χ3v) is 7.83. The molecule has 1 aliphatic heterocycles. The van der Waals surface area contributed by atoms with Crippen LogP contribution in [0.1, 0.15) is 38.2 Å². The average Bonchev–Trinajstić information content (AvgIpc) is 2.98. The van der Waals surface area contributed by atoms with Gasteiger partial charge in [0.2, 0.25) is 5.91 Å². The number of piperidine rings is 1. The lowest BCUT2D eigenvalue weighted by atomic mass is 9.87. The predicted molar refractivity (Wildman–Crippen MR) is 164 cm³/mol. The van der Waals surface area contributed by atoms with Gasteiger partial charge in [0.15, 0.2) is 11.5 Å². The van der Waals surface area contributed by atoms with E-state index in [0.29, 0.717) is 46.4 Å². The normalized spacial score (nSPS) is 15.0. The van der Waals surface area contributed by atoms with Crippen LogP contribution < -0.4 is 20.1 Å². The Morgan fingerprint density at radius 2 is 1.81 bits per heavy atom. The lowest BCUT2D eigenvalue weighted by molar-refractivity contribution is -0.118. The van der Waals surface area contributed by atoms with Crippen molar-refractivity contribution in [2.24, 2.45) is 11.8 Å². The van der Waals surface area contributed by atoms with Crippen LogP contribution in [0.25, 0.3) is 10.9 Å². The molecule has 8 nitrogen and oxygen atoms in total. The zero-order chi connectivity index (χ0) is 29.6. The second-order valence-electron chi connectivity index (χ2n) is 11.2. The summed E-state index contributed by atoms with van der Waals surface area (Å²) in [5.41, 5.74) is 2.17. The third-order valence-electron chi connectivity index (χ3n) is 7.83. The van der Waals surface area contributed by atoms with Gasteiger partial charge < -0.3 is 25.0 Å². The zero-order valence-electron chi connectivity index (χ0n) is 24.6. The Bertz CT molecular complexity index is 1520. The minimum Gasteiger partial charge on any atom is -0.493 e. The van der Waals surface area contributed by atoms with E-state index in [2.05, 4.69) is 32.5 Å². The molecule has 3 aromatic carbocycles. The van der Waals surface area contributed by atoms with Crippen LogP contribution in [0.5, 0.6) is 11.5 Å². The van der Waals surface area contributed by atoms with Gasteiger partial charge in [0, 0.05) is 17.1 Å². The van der Waals surface area contributed by atoms with Gasteiger partial charge >= 0.3 is 0 Å². The van der Waals surface area contributed by atoms with Crippen molar-refractivity contribution < 1.29 is 18.7 Å². The van der Waals surface area contributed by atoms with Crippen molar-refractivity contribution in [1.82, 2.24) is 14.9 Å². The SMILES string of the molecule is COc1cc2c(Nc3ccc(NC(=O)C(c4ccccc4)C(C)C)cc3F)ncnc2cc1OCC1CCN(C)CC1. The lowest BCUT2D eigenvalue weighted by Crippen LogP contribution is -2.32. The summed E-state index contributed by atoms with van der Waals surface area (Å²) in [6.45, 7) is 6.75. The summed E-state index contributed by atoms with van der Waals surface area (Å²) in [4.78, 5) is 24.2. The van der Waals surface area contributed by atoms with E-state index in [9.17, 15) is 4.79 Å². The molecule has 1 amide bonds. The molecule has 9 heteroatoms. The Hall–Kier alpha value is -4.24. The molecule has 1 fully saturated rings. The van der Waals surface area contributed by atoms with Crippen LogP contribution in [-0.2, 0) is 4.79 Å². The van der Waals surface area contributed by atoms with Crippen LogP contribution >= 0.6 is 0 Å². The second-order valence-corrected chi connectivity index (χ2v) is 11.2. The number of likely N-dealkylation sites (tertiary alicyclic amines) is 1. The van der Waals surface area contributed by atoms with Gasteiger partial charge in [-0.15, -0.1) is 0 Å². The molecular formula is C33H38FN5O3. The number of carbonyl (C=O) groups is 1. The number of hydrogen-bond acceptors (Lipinski definition) is 7. The minimum absolute atomic E-state index is 0.0708. The molecule has 1 unspecified atom stereocenters. The quantitative estimate of drug-likeness (QED) is 0.221. The number of fused-ring (bicyclic) bond motifs is 1. The number of benzene rings is 3. The molecule has 0 bridgehead atoms. The standard InChI is InChI=1S/C33H38FN5O3/c1-21(2)31(23-8-6-5-7-9-23)33(40)37-24-10-11-27(26(34)16-24)38-32-25-17-29(41-4)30(18-28(25)35-20-36-32)42-19-22-12-14-39(3)15-13-22/h5-11,16-18,20-22,31H,12-15,19H2,1-4H3,(H,37,40)(H,35,36,38). The minimum atomic E-state index is -0.523. The van der Waals surface area contributed by atoms with Gasteiger partial charge in [-0.05, 0) is 74.6 Å². The smallest absolute Gasteiger partial charge is 0.232 e. The number of hydrogen-bond donors (Lipinski definition) is 2. The number of methoxy groups -OCH3 is 1. The first-order valence-corrected chi connectivity index (χ1v) is 14.4. The molecule has 5 rings (SSSR count). The highest BCUT2D eigenvalue weighted by molar-refractivity contribution is 5.96. The average molecular weight is 572 g/mol. The summed E-state index contributed by atoms with van der Waals surface area (Å²) >= 11 is 0. The van der Waals surface area contributed by atoms with E-state index < -0.39 is 5.82 Å². The van der Waals surface area contributed by atoms with E-state index >= 15 is 4.39 Å². The van der Waals surface area contributed by atoms with Gasteiger partial charge in [0.25, 0.3) is 0 Å². The Kier molecular flexibility index (Phi) is 9.17. The van der Waals surface area contributed by atoms with Gasteiger partial charge in [-0.3, -0.25) is 4.79 Å². The van der Waals surface area contributed by atoms with Crippen LogP contribution in [0.15, 0.2) is 67.0 Å². The molecule has 2 heterocycles. The summed E-state index contributed by atoms with van der Waals surface area (Å²) < 4.78 is 27.1. The van der Waals surface area contributed by atoms with Crippen molar-refractivity contribution in [2.45, 2.75) is 32.6 Å². The Labute approximate surface area is 246 Å². The summed E-state index contributed by atoms with van der Waals surface area (Å²) in [7, 11) is 3.73. The maximum absolute atomic E-state index is 15.3. The van der Waals surface area contributed by atoms with Gasteiger partial charge in [-0.2, -0.15) is 0 Å². The van der Waals surface area contributed by atoms with Crippen molar-refractivity contribution in [3.05, 3.63) is 78.4 Å². The van der Waals surface area contributed by atoms with Crippen LogP contribution in [0.4, 0.5) is 21.6 Å². The highest BCUT2D eigenvalue weighted by atomic mass is 19.1. The number of ether oxygens (including phenoxy) is 2. The van der Waals surface area contributed by atoms with E-state index in [4.69, 9.17) is 9.47 Å². The molecule has 1 aromatic heterocycles. The monoisotopic (exact) mass is 571 g/mol. The molecular weight excluding hydrogens is 533 g/mol. The molecule has 220 valence electrons. The van der Waals surface area contributed by atoms with Gasteiger partial charge in [0.05, 0.1) is 30.8 Å². The topological polar surface area (TPSA) is 88.6 Å². The Balaban J connectivity index is 1.31. The predicted octanol–water partition coefficient (Wildman–Crippen LogP) is 6.62. The van der Waals surface area contributed by atoms with Crippen LogP contribution in [0.3, 0.4) is 0 Å². The van der Waals surface area contributed by atoms with Crippen LogP contribution in [0, 0.1) is 17.7 Å². The van der Waals surface area contributed by atoms with E-state index in [1.807, 2.05) is 56.3 Å². The maximum Gasteiger partial charge on any atom is 0.232 e. The fourth-order valence-electron chi connectivity index (χ4n) is 5.41. The zero-order valence-corrected chi connectivity index (χ0v) is 24.6. The van der Waals surface area contributed by atoms with Crippen molar-refractivity contribution in [2.75, 3.05) is 44.5 Å². The number of rotatable bonds is 10. The first-order chi connectivity index (χ1) is 20.3. The largest absolute Gasteiger partial charge is 0.493 e. The second kappa shape index (κ2) is 13.2. The number of halogens is 1. The third kappa shape index (κ3) is 6.79. The van der Waals surface area contributed by atoms with E-state index in [-0.39, 0.29) is 23.4 Å². The molecule has 0 saturated carbocycles. The Morgan fingerprint density at radius 1 is 1.05 bits per heavy atom. The summed E-state index contributed by atoms with van der Waals surface area (Å²) in [6, 6.07) is 17.8. The number of nitrogens with one attached hydrogen (secondary N) is 2. The van der Waals surface area contributed by atoms with Gasteiger partial charge in [-0.25, -0.2) is 14.4 Å². The van der Waals surface area contributed by atoms with Crippen LogP contribution in [0.2, 0.25) is 0 Å². The highest BCUT2D eigenvalue weighted by Crippen LogP contribution is 2.36. The summed E-state index contributed by atoms with van der Waals surface area (Å²) in [5.74, 6) is 1.12. The molecule has 1 saturated heterocycles. The van der Waals surface area contributed by atoms with E-state index in [0.717, 1.165) is 31.5 Å². The molecule has 0 aliphatic carbocycles. The molecule has 2 N–H and O–H groups in total. The van der Waals surface area contributed by atoms with E-state index in [1.165, 1.54) is 12.4 Å². The molecule has 1 atom stereocenters. The number of aromatic nitrogens is 2. The van der Waals surface area contributed by atoms with Crippen molar-refractivity contribution in [3.63, 3.8) is 0 Å². The molecule has 1 aliphatic rings. The molecule has 0 spiro atoms. The number of nitrogens with zero attached hydrogens (tertiary/aromatic N) is 3. The Morgan fingerprint density at radius 3 is 2.50 bits per heavy atom. The van der Waals surface area contributed by atoms with E-state index in [1.54, 1.807) is 19.2 Å². The first-order valence-electron chi connectivity index (χ1n) is 14.4. The highest BCUT2D eigenvalue weighted by Gasteiger charge is 2.24. The summed E-state index contributed by atoms with van der Waals surface area (Å²) in [5, 5.41) is 6.63. The van der Waals surface area contributed by atoms with Crippen molar-refractivity contribution in [1.29, 1.82) is 0 Å². The molecule has 42 heavy (non-hydrogen) atoms. The first kappa shape index (κ1) is 29.3. The lowest BCUT2D eigenvalue weighted by Gasteiger charge is -2.28. The van der Waals surface area contributed by atoms with Crippen molar-refractivity contribution in [3.8, 4) is 11.5 Å². The fraction of sp³-hybridized carbons (Fsp3) is 0.364. The number of carbonyl (C=O) groups excluding carboxylic acids is 1. The van der Waals surface area contributed by atoms with Gasteiger partial charge in [-0.1, -0.05) is 44.2 Å². The maximum atomic E-state index is 15.3. The number of anilines is 3. The number of amides is 1. The molecule has 4 aromatic rings. The van der Waals surface area contributed by atoms with Crippen LogP contribution in [-0.4, -0.2) is 54.6 Å². The fourth-order valence-corrected chi connectivity index (χ4v) is 5.41. The molecule has 0 radical (unpaired) electrons.